The summed E-state index contributed by atoms with van der Waals surface area (Å²) < 4.78 is 0. The summed E-state index contributed by atoms with van der Waals surface area (Å²) in [6.45, 7) is 9.83. The molecule has 0 unspecified atom stereocenters. The molecule has 0 fully saturated rings. The van der Waals surface area contributed by atoms with Gasteiger partial charge >= 0.3 is 0 Å². The Kier molecular flexibility index (Phi) is 6.78. The summed E-state index contributed by atoms with van der Waals surface area (Å²) in [4.78, 5) is 18.4. The Hall–Kier alpha value is -2.82. The number of aliphatic imine (C=N–C) groups is 1. The number of hydrogen-bond donors (Lipinski definition) is 2. The molecule has 0 saturated heterocycles. The Morgan fingerprint density at radius 1 is 1.15 bits per heavy atom. The van der Waals surface area contributed by atoms with E-state index in [0.717, 1.165) is 35.6 Å². The van der Waals surface area contributed by atoms with E-state index in [1.54, 1.807) is 6.07 Å². The molecule has 5 nitrogen and oxygen atoms in total. The third-order valence-electron chi connectivity index (χ3n) is 4.35. The van der Waals surface area contributed by atoms with Crippen LogP contribution >= 0.6 is 0 Å². The molecule has 0 bridgehead atoms. The first-order valence-corrected chi connectivity index (χ1v) is 8.90. The minimum Gasteiger partial charge on any atom is -0.507 e. The number of phenols is 1. The third kappa shape index (κ3) is 4.85. The maximum Gasteiger partial charge on any atom is 0.246 e. The molecule has 0 aliphatic carbocycles. The van der Waals surface area contributed by atoms with E-state index < -0.39 is 0 Å². The molecule has 5 heteroatoms. The molecule has 26 heavy (non-hydrogen) atoms. The molecule has 2 rings (SSSR count). The van der Waals surface area contributed by atoms with Gasteiger partial charge in [-0.05, 0) is 51.0 Å². The monoisotopic (exact) mass is 353 g/mol. The van der Waals surface area contributed by atoms with Gasteiger partial charge in [-0.25, -0.2) is 0 Å². The molecule has 0 aromatic heterocycles. The van der Waals surface area contributed by atoms with Gasteiger partial charge in [-0.3, -0.25) is 9.79 Å². The Morgan fingerprint density at radius 3 is 2.38 bits per heavy atom. The summed E-state index contributed by atoms with van der Waals surface area (Å²) in [5.41, 5.74) is 4.44. The van der Waals surface area contributed by atoms with Gasteiger partial charge in [0.25, 0.3) is 0 Å². The Balaban J connectivity index is 2.01. The van der Waals surface area contributed by atoms with Crippen molar-refractivity contribution in [3.63, 3.8) is 0 Å². The zero-order valence-electron chi connectivity index (χ0n) is 15.9. The number of hydrogen-bond acceptors (Lipinski definition) is 4. The van der Waals surface area contributed by atoms with E-state index in [9.17, 15) is 9.90 Å². The van der Waals surface area contributed by atoms with Gasteiger partial charge in [0.1, 0.15) is 12.3 Å². The van der Waals surface area contributed by atoms with E-state index in [-0.39, 0.29) is 18.2 Å². The smallest absolute Gasteiger partial charge is 0.246 e. The lowest BCUT2D eigenvalue weighted by Gasteiger charge is -2.21. The largest absolute Gasteiger partial charge is 0.507 e. The van der Waals surface area contributed by atoms with E-state index in [1.165, 1.54) is 6.21 Å². The average molecular weight is 353 g/mol. The van der Waals surface area contributed by atoms with Gasteiger partial charge in [-0.2, -0.15) is 0 Å². The van der Waals surface area contributed by atoms with Crippen molar-refractivity contribution in [1.82, 2.24) is 0 Å². The Morgan fingerprint density at radius 2 is 1.81 bits per heavy atom. The SMILES string of the molecule is CCN(CC)c1ccc(C=NCC(=O)Nc2c(C)cccc2C)c(O)c1. The zero-order valence-corrected chi connectivity index (χ0v) is 15.9. The number of aryl methyl sites for hydroxylation is 2. The van der Waals surface area contributed by atoms with Crippen LogP contribution in [-0.4, -0.2) is 36.9 Å². The second-order valence-electron chi connectivity index (χ2n) is 6.20. The summed E-state index contributed by atoms with van der Waals surface area (Å²) in [5.74, 6) is -0.0220. The Labute approximate surface area is 155 Å². The molecule has 0 spiro atoms. The van der Waals surface area contributed by atoms with Crippen LogP contribution in [0.3, 0.4) is 0 Å². The fraction of sp³-hybridized carbons (Fsp3) is 0.333. The first-order valence-electron chi connectivity index (χ1n) is 8.90. The van der Waals surface area contributed by atoms with Crippen LogP contribution in [0.25, 0.3) is 0 Å². The number of carbonyl (C=O) groups excluding carboxylic acids is 1. The first-order chi connectivity index (χ1) is 12.5. The number of anilines is 2. The minimum atomic E-state index is -0.182. The highest BCUT2D eigenvalue weighted by Crippen LogP contribution is 2.23. The van der Waals surface area contributed by atoms with E-state index in [4.69, 9.17) is 0 Å². The summed E-state index contributed by atoms with van der Waals surface area (Å²) in [6, 6.07) is 11.4. The van der Waals surface area contributed by atoms with E-state index in [1.807, 2.05) is 44.2 Å². The second kappa shape index (κ2) is 9.04. The molecule has 0 aliphatic heterocycles. The van der Waals surface area contributed by atoms with Gasteiger partial charge in [-0.15, -0.1) is 0 Å². The molecule has 0 saturated carbocycles. The van der Waals surface area contributed by atoms with Crippen LogP contribution in [0.4, 0.5) is 11.4 Å². The van der Waals surface area contributed by atoms with Crippen LogP contribution in [0.5, 0.6) is 5.75 Å². The van der Waals surface area contributed by atoms with Crippen molar-refractivity contribution in [3.8, 4) is 5.75 Å². The van der Waals surface area contributed by atoms with Gasteiger partial charge < -0.3 is 15.3 Å². The van der Waals surface area contributed by atoms with Crippen molar-refractivity contribution in [2.24, 2.45) is 4.99 Å². The fourth-order valence-electron chi connectivity index (χ4n) is 2.84. The third-order valence-corrected chi connectivity index (χ3v) is 4.35. The highest BCUT2D eigenvalue weighted by molar-refractivity contribution is 5.95. The predicted octanol–water partition coefficient (Wildman–Crippen LogP) is 3.91. The summed E-state index contributed by atoms with van der Waals surface area (Å²) in [7, 11) is 0. The van der Waals surface area contributed by atoms with E-state index >= 15 is 0 Å². The van der Waals surface area contributed by atoms with Crippen molar-refractivity contribution >= 4 is 23.5 Å². The maximum atomic E-state index is 12.1. The normalized spacial score (nSPS) is 10.9. The zero-order chi connectivity index (χ0) is 19.1. The molecule has 2 N–H and O–H groups in total. The van der Waals surface area contributed by atoms with E-state index in [2.05, 4.69) is 29.1 Å². The molecule has 138 valence electrons. The molecule has 0 aliphatic rings. The Bertz CT molecular complexity index is 776. The highest BCUT2D eigenvalue weighted by Gasteiger charge is 2.07. The molecular formula is C21H27N3O2. The number of nitrogens with one attached hydrogen (secondary N) is 1. The number of aromatic hydroxyl groups is 1. The average Bonchev–Trinajstić information content (AvgIpc) is 2.61. The van der Waals surface area contributed by atoms with Crippen molar-refractivity contribution < 1.29 is 9.90 Å². The highest BCUT2D eigenvalue weighted by atomic mass is 16.3. The van der Waals surface area contributed by atoms with Gasteiger partial charge in [0.15, 0.2) is 0 Å². The number of rotatable bonds is 7. The fourth-order valence-corrected chi connectivity index (χ4v) is 2.84. The number of amides is 1. The van der Waals surface area contributed by atoms with Crippen LogP contribution < -0.4 is 10.2 Å². The number of para-hydroxylation sites is 1. The number of phenolic OH excluding ortho intramolecular Hbond substituents is 1. The summed E-state index contributed by atoms with van der Waals surface area (Å²) >= 11 is 0. The first kappa shape index (κ1) is 19.5. The quantitative estimate of drug-likeness (QED) is 0.742. The van der Waals surface area contributed by atoms with Crippen LogP contribution in [0.1, 0.15) is 30.5 Å². The van der Waals surface area contributed by atoms with E-state index in [0.29, 0.717) is 5.56 Å². The van der Waals surface area contributed by atoms with Gasteiger partial charge in [-0.1, -0.05) is 18.2 Å². The molecule has 2 aromatic carbocycles. The van der Waals surface area contributed by atoms with Crippen LogP contribution in [0, 0.1) is 13.8 Å². The molecule has 2 aromatic rings. The van der Waals surface area contributed by atoms with Gasteiger partial charge in [0, 0.05) is 42.3 Å². The number of nitrogens with zero attached hydrogens (tertiary/aromatic N) is 2. The molecule has 0 heterocycles. The lowest BCUT2D eigenvalue weighted by atomic mass is 10.1. The van der Waals surface area contributed by atoms with Crippen LogP contribution in [0.15, 0.2) is 41.4 Å². The summed E-state index contributed by atoms with van der Waals surface area (Å²) in [6.07, 6.45) is 1.53. The standard InChI is InChI=1S/C21H27N3O2/c1-5-24(6-2)18-11-10-17(19(25)12-18)13-22-14-20(26)23-21-15(3)8-7-9-16(21)4/h7-13,25H,5-6,14H2,1-4H3,(H,23,26). The minimum absolute atomic E-state index is 0.00497. The second-order valence-corrected chi connectivity index (χ2v) is 6.20. The number of benzene rings is 2. The molecule has 0 radical (unpaired) electrons. The van der Waals surface area contributed by atoms with Gasteiger partial charge in [0.2, 0.25) is 5.91 Å². The van der Waals surface area contributed by atoms with Crippen molar-refractivity contribution in [2.45, 2.75) is 27.7 Å². The lowest BCUT2D eigenvalue weighted by Crippen LogP contribution is -2.21. The van der Waals surface area contributed by atoms with Crippen molar-refractivity contribution in [3.05, 3.63) is 53.1 Å². The molecular weight excluding hydrogens is 326 g/mol. The summed E-state index contributed by atoms with van der Waals surface area (Å²) in [5, 5.41) is 13.1. The maximum absolute atomic E-state index is 12.1. The molecule has 0 atom stereocenters. The lowest BCUT2D eigenvalue weighted by molar-refractivity contribution is -0.114. The topological polar surface area (TPSA) is 64.9 Å². The van der Waals surface area contributed by atoms with Crippen LogP contribution in [0.2, 0.25) is 0 Å². The van der Waals surface area contributed by atoms with Crippen LogP contribution in [-0.2, 0) is 4.79 Å². The van der Waals surface area contributed by atoms with Crippen molar-refractivity contribution in [1.29, 1.82) is 0 Å². The molecule has 1 amide bonds. The predicted molar refractivity (Wildman–Crippen MR) is 109 cm³/mol. The van der Waals surface area contributed by atoms with Gasteiger partial charge in [0.05, 0.1) is 0 Å². The number of carbonyl (C=O) groups is 1. The van der Waals surface area contributed by atoms with Crippen molar-refractivity contribution in [2.75, 3.05) is 29.9 Å².